The van der Waals surface area contributed by atoms with Crippen LogP contribution in [0.25, 0.3) is 0 Å². The zero-order valence-electron chi connectivity index (χ0n) is 8.32. The standard InChI is InChI=1S/C7H4ClN5O2S2/c1-3-4(13(14)15)5(11-6(8)10-3)17-7-12-9-2-16-7/h2H,1H3. The molecule has 2 heterocycles. The van der Waals surface area contributed by atoms with Gasteiger partial charge in [-0.1, -0.05) is 11.3 Å². The maximum atomic E-state index is 10.9. The van der Waals surface area contributed by atoms with Crippen LogP contribution in [0.2, 0.25) is 5.28 Å². The highest BCUT2D eigenvalue weighted by atomic mass is 35.5. The predicted molar refractivity (Wildman–Crippen MR) is 62.5 cm³/mol. The molecule has 0 aliphatic rings. The Balaban J connectivity index is 2.47. The lowest BCUT2D eigenvalue weighted by Crippen LogP contribution is -2.00. The van der Waals surface area contributed by atoms with E-state index in [1.165, 1.54) is 23.8 Å². The summed E-state index contributed by atoms with van der Waals surface area (Å²) in [5.74, 6) is 0. The maximum absolute atomic E-state index is 10.9. The number of aryl methyl sites for hydroxylation is 1. The lowest BCUT2D eigenvalue weighted by molar-refractivity contribution is -0.389. The van der Waals surface area contributed by atoms with E-state index in [1.807, 2.05) is 0 Å². The van der Waals surface area contributed by atoms with Gasteiger partial charge >= 0.3 is 5.69 Å². The van der Waals surface area contributed by atoms with Crippen LogP contribution in [0, 0.1) is 17.0 Å². The number of nitrogens with zero attached hydrogens (tertiary/aromatic N) is 5. The Kier molecular flexibility index (Phi) is 3.50. The largest absolute Gasteiger partial charge is 0.322 e. The molecule has 0 aliphatic carbocycles. The summed E-state index contributed by atoms with van der Waals surface area (Å²) in [5, 5.41) is 18.5. The van der Waals surface area contributed by atoms with Crippen LogP contribution in [0.3, 0.4) is 0 Å². The second-order valence-corrected chi connectivity index (χ2v) is 5.20. The Morgan fingerprint density at radius 3 is 2.88 bits per heavy atom. The Labute approximate surface area is 108 Å². The highest BCUT2D eigenvalue weighted by Crippen LogP contribution is 2.35. The van der Waals surface area contributed by atoms with Crippen molar-refractivity contribution in [3.63, 3.8) is 0 Å². The highest BCUT2D eigenvalue weighted by molar-refractivity contribution is 8.01. The SMILES string of the molecule is Cc1nc(Cl)nc(Sc2nncs2)c1[N+](=O)[O-]. The Morgan fingerprint density at radius 2 is 2.29 bits per heavy atom. The minimum absolute atomic E-state index is 0.0277. The van der Waals surface area contributed by atoms with Crippen molar-refractivity contribution in [2.75, 3.05) is 0 Å². The molecule has 88 valence electrons. The molecule has 0 fully saturated rings. The normalized spacial score (nSPS) is 10.5. The number of hydrogen-bond donors (Lipinski definition) is 0. The Hall–Kier alpha value is -1.32. The Morgan fingerprint density at radius 1 is 1.53 bits per heavy atom. The summed E-state index contributed by atoms with van der Waals surface area (Å²) < 4.78 is 0.558. The van der Waals surface area contributed by atoms with Gasteiger partial charge in [0.2, 0.25) is 5.28 Å². The first-order valence-corrected chi connectivity index (χ1v) is 6.28. The molecule has 7 nitrogen and oxygen atoms in total. The molecule has 0 radical (unpaired) electrons. The summed E-state index contributed by atoms with van der Waals surface area (Å²) in [6.07, 6.45) is 0. The average molecular weight is 290 g/mol. The quantitative estimate of drug-likeness (QED) is 0.370. The van der Waals surface area contributed by atoms with E-state index in [1.54, 1.807) is 0 Å². The topological polar surface area (TPSA) is 94.7 Å². The molecular formula is C7H4ClN5O2S2. The number of hydrogen-bond acceptors (Lipinski definition) is 8. The lowest BCUT2D eigenvalue weighted by atomic mass is 10.4. The van der Waals surface area contributed by atoms with E-state index in [0.717, 1.165) is 11.8 Å². The van der Waals surface area contributed by atoms with Gasteiger partial charge in [-0.3, -0.25) is 10.1 Å². The average Bonchev–Trinajstić information content (AvgIpc) is 2.68. The molecule has 2 aromatic heterocycles. The second-order valence-electron chi connectivity index (χ2n) is 2.80. The van der Waals surface area contributed by atoms with Crippen LogP contribution in [0.15, 0.2) is 14.9 Å². The van der Waals surface area contributed by atoms with Crippen LogP contribution in [0.1, 0.15) is 5.69 Å². The van der Waals surface area contributed by atoms with Gasteiger partial charge in [0.05, 0.1) is 4.92 Å². The van der Waals surface area contributed by atoms with Crippen LogP contribution >= 0.6 is 34.7 Å². The fraction of sp³-hybridized carbons (Fsp3) is 0.143. The lowest BCUT2D eigenvalue weighted by Gasteiger charge is -2.01. The van der Waals surface area contributed by atoms with Crippen molar-refractivity contribution in [1.82, 2.24) is 20.2 Å². The van der Waals surface area contributed by atoms with Crippen LogP contribution in [0.4, 0.5) is 5.69 Å². The molecular weight excluding hydrogens is 286 g/mol. The summed E-state index contributed by atoms with van der Waals surface area (Å²) in [4.78, 5) is 18.0. The van der Waals surface area contributed by atoms with E-state index in [2.05, 4.69) is 20.2 Å². The van der Waals surface area contributed by atoms with E-state index in [4.69, 9.17) is 11.6 Å². The third kappa shape index (κ3) is 2.68. The summed E-state index contributed by atoms with van der Waals surface area (Å²) in [7, 11) is 0. The van der Waals surface area contributed by atoms with Crippen LogP contribution in [-0.2, 0) is 0 Å². The number of aromatic nitrogens is 4. The molecule has 2 rings (SSSR count). The van der Waals surface area contributed by atoms with Gasteiger partial charge in [-0.05, 0) is 30.3 Å². The van der Waals surface area contributed by atoms with Gasteiger partial charge in [0, 0.05) is 0 Å². The van der Waals surface area contributed by atoms with Gasteiger partial charge in [-0.25, -0.2) is 9.97 Å². The van der Waals surface area contributed by atoms with E-state index in [0.29, 0.717) is 4.34 Å². The molecule has 0 atom stereocenters. The molecule has 2 aromatic rings. The maximum Gasteiger partial charge on any atom is 0.322 e. The van der Waals surface area contributed by atoms with E-state index >= 15 is 0 Å². The molecule has 0 unspecified atom stereocenters. The van der Waals surface area contributed by atoms with Gasteiger partial charge in [-0.2, -0.15) is 0 Å². The van der Waals surface area contributed by atoms with Crippen molar-refractivity contribution >= 4 is 40.4 Å². The number of nitro groups is 1. The molecule has 10 heteroatoms. The van der Waals surface area contributed by atoms with Crippen molar-refractivity contribution in [3.05, 3.63) is 26.6 Å². The van der Waals surface area contributed by atoms with E-state index in [-0.39, 0.29) is 21.7 Å². The van der Waals surface area contributed by atoms with Crippen LogP contribution < -0.4 is 0 Å². The monoisotopic (exact) mass is 289 g/mol. The van der Waals surface area contributed by atoms with Gasteiger partial charge in [-0.15, -0.1) is 10.2 Å². The van der Waals surface area contributed by atoms with Crippen molar-refractivity contribution < 1.29 is 4.92 Å². The molecule has 0 saturated heterocycles. The smallest absolute Gasteiger partial charge is 0.258 e. The summed E-state index contributed by atoms with van der Waals surface area (Å²) in [6, 6.07) is 0. The molecule has 0 spiro atoms. The van der Waals surface area contributed by atoms with Gasteiger partial charge < -0.3 is 0 Å². The minimum Gasteiger partial charge on any atom is -0.258 e. The van der Waals surface area contributed by atoms with Crippen molar-refractivity contribution in [3.8, 4) is 0 Å². The molecule has 0 aliphatic heterocycles. The summed E-state index contributed by atoms with van der Waals surface area (Å²) in [5.41, 5.74) is 1.60. The third-order valence-corrected chi connectivity index (χ3v) is 3.63. The van der Waals surface area contributed by atoms with Crippen LogP contribution in [0.5, 0.6) is 0 Å². The molecule has 0 amide bonds. The predicted octanol–water partition coefficient (Wildman–Crippen LogP) is 2.35. The first-order chi connectivity index (χ1) is 8.08. The molecule has 17 heavy (non-hydrogen) atoms. The van der Waals surface area contributed by atoms with E-state index < -0.39 is 4.92 Å². The van der Waals surface area contributed by atoms with Crippen molar-refractivity contribution in [2.24, 2.45) is 0 Å². The molecule has 0 bridgehead atoms. The van der Waals surface area contributed by atoms with Gasteiger partial charge in [0.15, 0.2) is 9.37 Å². The van der Waals surface area contributed by atoms with Crippen molar-refractivity contribution in [2.45, 2.75) is 16.3 Å². The second kappa shape index (κ2) is 4.90. The van der Waals surface area contributed by atoms with Crippen molar-refractivity contribution in [1.29, 1.82) is 0 Å². The summed E-state index contributed by atoms with van der Waals surface area (Å²) in [6.45, 7) is 1.51. The zero-order valence-corrected chi connectivity index (χ0v) is 10.7. The number of halogens is 1. The zero-order chi connectivity index (χ0) is 12.4. The molecule has 0 saturated carbocycles. The van der Waals surface area contributed by atoms with Gasteiger partial charge in [0.1, 0.15) is 11.2 Å². The Bertz CT molecular complexity index is 562. The molecule has 0 N–H and O–H groups in total. The molecule has 0 aromatic carbocycles. The first kappa shape index (κ1) is 12.1. The highest BCUT2D eigenvalue weighted by Gasteiger charge is 2.23. The van der Waals surface area contributed by atoms with Gasteiger partial charge in [0.25, 0.3) is 0 Å². The number of rotatable bonds is 3. The fourth-order valence-electron chi connectivity index (χ4n) is 1.08. The van der Waals surface area contributed by atoms with E-state index in [9.17, 15) is 10.1 Å². The third-order valence-electron chi connectivity index (χ3n) is 1.71. The minimum atomic E-state index is -0.533. The van der Waals surface area contributed by atoms with Crippen LogP contribution in [-0.4, -0.2) is 25.1 Å². The summed E-state index contributed by atoms with van der Waals surface area (Å²) >= 11 is 7.99. The first-order valence-electron chi connectivity index (χ1n) is 4.20. The fourth-order valence-corrected chi connectivity index (χ4v) is 2.88.